The van der Waals surface area contributed by atoms with Crippen LogP contribution >= 0.6 is 0 Å². The first-order chi connectivity index (χ1) is 9.15. The van der Waals surface area contributed by atoms with Gasteiger partial charge in [-0.2, -0.15) is 0 Å². The maximum atomic E-state index is 13.0. The molecular weight excluding hydrogens is 243 g/mol. The highest BCUT2D eigenvalue weighted by Crippen LogP contribution is 2.16. The molecule has 0 radical (unpaired) electrons. The quantitative estimate of drug-likeness (QED) is 0.899. The average molecular weight is 260 g/mol. The number of rotatable bonds is 5. The third kappa shape index (κ3) is 4.03. The lowest BCUT2D eigenvalue weighted by atomic mass is 10.1. The summed E-state index contributed by atoms with van der Waals surface area (Å²) in [4.78, 5) is 3.79. The average Bonchev–Trinajstić information content (AvgIpc) is 2.38. The van der Waals surface area contributed by atoms with Crippen LogP contribution in [0.1, 0.15) is 23.6 Å². The van der Waals surface area contributed by atoms with E-state index in [0.29, 0.717) is 18.6 Å². The van der Waals surface area contributed by atoms with Crippen molar-refractivity contribution in [3.8, 4) is 5.75 Å². The molecule has 0 fully saturated rings. The van der Waals surface area contributed by atoms with Crippen LogP contribution in [0, 0.1) is 12.7 Å². The summed E-state index contributed by atoms with van der Waals surface area (Å²) in [6, 6.07) is 8.97. The minimum absolute atomic E-state index is 0.270. The monoisotopic (exact) mass is 260 g/mol. The van der Waals surface area contributed by atoms with E-state index in [1.165, 1.54) is 12.3 Å². The van der Waals surface area contributed by atoms with E-state index in [9.17, 15) is 4.39 Å². The van der Waals surface area contributed by atoms with Gasteiger partial charge in [-0.25, -0.2) is 4.39 Å². The molecule has 1 heterocycles. The highest BCUT2D eigenvalue weighted by Gasteiger charge is 2.07. The summed E-state index contributed by atoms with van der Waals surface area (Å²) < 4.78 is 18.6. The van der Waals surface area contributed by atoms with E-state index in [4.69, 9.17) is 10.5 Å². The third-order valence-electron chi connectivity index (χ3n) is 2.84. The Morgan fingerprint density at radius 2 is 2.16 bits per heavy atom. The van der Waals surface area contributed by atoms with Gasteiger partial charge in [0.05, 0.1) is 12.8 Å². The number of ether oxygens (including phenoxy) is 1. The highest BCUT2D eigenvalue weighted by atomic mass is 19.1. The molecule has 4 heteroatoms. The summed E-state index contributed by atoms with van der Waals surface area (Å²) in [5.41, 5.74) is 7.81. The van der Waals surface area contributed by atoms with Crippen molar-refractivity contribution < 1.29 is 9.13 Å². The lowest BCUT2D eigenvalue weighted by Crippen LogP contribution is -2.14. The zero-order valence-corrected chi connectivity index (χ0v) is 10.8. The Bertz CT molecular complexity index is 545. The second kappa shape index (κ2) is 6.29. The van der Waals surface area contributed by atoms with Gasteiger partial charge >= 0.3 is 0 Å². The van der Waals surface area contributed by atoms with Crippen molar-refractivity contribution in [1.29, 1.82) is 0 Å². The molecule has 1 aromatic carbocycles. The van der Waals surface area contributed by atoms with Gasteiger partial charge in [-0.15, -0.1) is 0 Å². The zero-order valence-electron chi connectivity index (χ0n) is 10.8. The van der Waals surface area contributed by atoms with E-state index in [-0.39, 0.29) is 11.9 Å². The lowest BCUT2D eigenvalue weighted by molar-refractivity contribution is 0.298. The molecule has 0 amide bonds. The topological polar surface area (TPSA) is 48.1 Å². The number of pyridine rings is 1. The fourth-order valence-corrected chi connectivity index (χ4v) is 1.81. The second-order valence-corrected chi connectivity index (χ2v) is 4.50. The number of benzene rings is 1. The Balaban J connectivity index is 1.85. The Kier molecular flexibility index (Phi) is 4.47. The number of halogens is 1. The standard InChI is InChI=1S/C15H17FN2O/c1-11-3-2-4-14(7-11)19-6-5-15(17)12-8-13(16)10-18-9-12/h2-4,7-10,15H,5-6,17H2,1H3. The maximum absolute atomic E-state index is 13.0. The van der Waals surface area contributed by atoms with Gasteiger partial charge in [0.2, 0.25) is 0 Å². The van der Waals surface area contributed by atoms with Crippen molar-refractivity contribution >= 4 is 0 Å². The van der Waals surface area contributed by atoms with Crippen LogP contribution in [-0.4, -0.2) is 11.6 Å². The Morgan fingerprint density at radius 3 is 2.89 bits per heavy atom. The van der Waals surface area contributed by atoms with Crippen LogP contribution in [0.3, 0.4) is 0 Å². The van der Waals surface area contributed by atoms with Gasteiger partial charge in [-0.3, -0.25) is 4.98 Å². The molecule has 0 spiro atoms. The highest BCUT2D eigenvalue weighted by molar-refractivity contribution is 5.27. The van der Waals surface area contributed by atoms with Crippen LogP contribution in [0.2, 0.25) is 0 Å². The molecule has 0 saturated heterocycles. The summed E-state index contributed by atoms with van der Waals surface area (Å²) in [6.45, 7) is 2.50. The van der Waals surface area contributed by atoms with Crippen molar-refractivity contribution in [3.05, 3.63) is 59.7 Å². The van der Waals surface area contributed by atoms with E-state index in [1.54, 1.807) is 6.20 Å². The minimum Gasteiger partial charge on any atom is -0.494 e. The normalized spacial score (nSPS) is 12.2. The van der Waals surface area contributed by atoms with E-state index in [0.717, 1.165) is 11.3 Å². The molecule has 2 rings (SSSR count). The summed E-state index contributed by atoms with van der Waals surface area (Å²) in [5.74, 6) is 0.456. The number of hydrogen-bond acceptors (Lipinski definition) is 3. The van der Waals surface area contributed by atoms with E-state index < -0.39 is 0 Å². The fraction of sp³-hybridized carbons (Fsp3) is 0.267. The van der Waals surface area contributed by atoms with Crippen LogP contribution in [0.5, 0.6) is 5.75 Å². The zero-order chi connectivity index (χ0) is 13.7. The van der Waals surface area contributed by atoms with Gasteiger partial charge in [-0.05, 0) is 36.2 Å². The molecule has 0 saturated carbocycles. The van der Waals surface area contributed by atoms with Crippen molar-refractivity contribution in [2.75, 3.05) is 6.61 Å². The second-order valence-electron chi connectivity index (χ2n) is 4.50. The molecule has 19 heavy (non-hydrogen) atoms. The molecule has 1 atom stereocenters. The molecule has 0 aliphatic rings. The molecule has 0 aliphatic heterocycles. The van der Waals surface area contributed by atoms with Crippen molar-refractivity contribution in [2.24, 2.45) is 5.73 Å². The molecule has 1 aromatic heterocycles. The van der Waals surface area contributed by atoms with E-state index in [2.05, 4.69) is 4.98 Å². The molecular formula is C15H17FN2O. The Hall–Kier alpha value is -1.94. The van der Waals surface area contributed by atoms with Gasteiger partial charge < -0.3 is 10.5 Å². The summed E-state index contributed by atoms with van der Waals surface area (Å²) in [7, 11) is 0. The lowest BCUT2D eigenvalue weighted by Gasteiger charge is -2.12. The Labute approximate surface area is 112 Å². The molecule has 1 unspecified atom stereocenters. The SMILES string of the molecule is Cc1cccc(OCCC(N)c2cncc(F)c2)c1. The summed E-state index contributed by atoms with van der Waals surface area (Å²) >= 11 is 0. The molecule has 3 nitrogen and oxygen atoms in total. The first-order valence-electron chi connectivity index (χ1n) is 6.20. The third-order valence-corrected chi connectivity index (χ3v) is 2.84. The molecule has 0 bridgehead atoms. The number of nitrogens with zero attached hydrogens (tertiary/aromatic N) is 1. The minimum atomic E-state index is -0.368. The van der Waals surface area contributed by atoms with Gasteiger partial charge in [0.25, 0.3) is 0 Å². The summed E-state index contributed by atoms with van der Waals surface area (Å²) in [5, 5.41) is 0. The smallest absolute Gasteiger partial charge is 0.141 e. The molecule has 100 valence electrons. The predicted octanol–water partition coefficient (Wildman–Crippen LogP) is 3.00. The number of aromatic nitrogens is 1. The maximum Gasteiger partial charge on any atom is 0.141 e. The van der Waals surface area contributed by atoms with E-state index in [1.807, 2.05) is 31.2 Å². The first-order valence-corrected chi connectivity index (χ1v) is 6.20. The van der Waals surface area contributed by atoms with Crippen LogP contribution in [0.25, 0.3) is 0 Å². The predicted molar refractivity (Wildman–Crippen MR) is 72.4 cm³/mol. The van der Waals surface area contributed by atoms with Gasteiger partial charge in [0.15, 0.2) is 0 Å². The van der Waals surface area contributed by atoms with Crippen LogP contribution < -0.4 is 10.5 Å². The summed E-state index contributed by atoms with van der Waals surface area (Å²) in [6.07, 6.45) is 3.36. The Morgan fingerprint density at radius 1 is 1.32 bits per heavy atom. The van der Waals surface area contributed by atoms with Gasteiger partial charge in [0.1, 0.15) is 11.6 Å². The van der Waals surface area contributed by atoms with Crippen molar-refractivity contribution in [1.82, 2.24) is 4.98 Å². The van der Waals surface area contributed by atoms with Crippen molar-refractivity contribution in [2.45, 2.75) is 19.4 Å². The number of aryl methyl sites for hydroxylation is 1. The van der Waals surface area contributed by atoms with E-state index >= 15 is 0 Å². The number of hydrogen-bond donors (Lipinski definition) is 1. The van der Waals surface area contributed by atoms with Crippen LogP contribution in [-0.2, 0) is 0 Å². The first kappa shape index (κ1) is 13.5. The van der Waals surface area contributed by atoms with Crippen LogP contribution in [0.4, 0.5) is 4.39 Å². The van der Waals surface area contributed by atoms with Gasteiger partial charge in [0, 0.05) is 18.7 Å². The molecule has 2 N–H and O–H groups in total. The molecule has 0 aliphatic carbocycles. The fourth-order valence-electron chi connectivity index (χ4n) is 1.81. The van der Waals surface area contributed by atoms with Crippen LogP contribution in [0.15, 0.2) is 42.7 Å². The number of nitrogens with two attached hydrogens (primary N) is 1. The largest absolute Gasteiger partial charge is 0.494 e. The molecule has 2 aromatic rings. The van der Waals surface area contributed by atoms with Gasteiger partial charge in [-0.1, -0.05) is 12.1 Å². The van der Waals surface area contributed by atoms with Crippen molar-refractivity contribution in [3.63, 3.8) is 0 Å².